The zero-order chi connectivity index (χ0) is 11.0. The first-order valence-electron chi connectivity index (χ1n) is 4.98. The van der Waals surface area contributed by atoms with Gasteiger partial charge in [0.05, 0.1) is 12.0 Å². The summed E-state index contributed by atoms with van der Waals surface area (Å²) >= 11 is 6.05. The summed E-state index contributed by atoms with van der Waals surface area (Å²) in [7, 11) is 0. The van der Waals surface area contributed by atoms with E-state index < -0.39 is 0 Å². The lowest BCUT2D eigenvalue weighted by Gasteiger charge is -1.93. The van der Waals surface area contributed by atoms with E-state index in [1.807, 2.05) is 40.9 Å². The molecule has 0 saturated carbocycles. The SMILES string of the molecule is Clc1cccc2nc(Cc3ccco3)cn12. The van der Waals surface area contributed by atoms with Gasteiger partial charge in [-0.15, -0.1) is 0 Å². The summed E-state index contributed by atoms with van der Waals surface area (Å²) in [5, 5.41) is 0.663. The molecule has 0 aliphatic rings. The van der Waals surface area contributed by atoms with Gasteiger partial charge < -0.3 is 4.42 Å². The van der Waals surface area contributed by atoms with Crippen LogP contribution in [0.5, 0.6) is 0 Å². The first-order chi connectivity index (χ1) is 7.83. The largest absolute Gasteiger partial charge is 0.469 e. The van der Waals surface area contributed by atoms with Gasteiger partial charge >= 0.3 is 0 Å². The molecule has 3 rings (SSSR count). The van der Waals surface area contributed by atoms with E-state index in [-0.39, 0.29) is 0 Å². The van der Waals surface area contributed by atoms with Crippen LogP contribution in [0.25, 0.3) is 5.65 Å². The number of hydrogen-bond donors (Lipinski definition) is 0. The third-order valence-corrected chi connectivity index (χ3v) is 2.74. The molecule has 3 heterocycles. The number of hydrogen-bond acceptors (Lipinski definition) is 2. The maximum absolute atomic E-state index is 6.05. The number of halogens is 1. The Morgan fingerprint density at radius 1 is 1.25 bits per heavy atom. The molecule has 0 aromatic carbocycles. The van der Waals surface area contributed by atoms with Gasteiger partial charge in [0.1, 0.15) is 16.6 Å². The lowest BCUT2D eigenvalue weighted by molar-refractivity contribution is 0.519. The van der Waals surface area contributed by atoms with Crippen LogP contribution in [0, 0.1) is 0 Å². The average Bonchev–Trinajstić information content (AvgIpc) is 2.88. The minimum Gasteiger partial charge on any atom is -0.469 e. The lowest BCUT2D eigenvalue weighted by Crippen LogP contribution is -1.84. The molecule has 0 unspecified atom stereocenters. The number of rotatable bonds is 2. The second kappa shape index (κ2) is 3.68. The standard InChI is InChI=1S/C12H9ClN2O/c13-11-4-1-5-12-14-9(8-15(11)12)7-10-3-2-6-16-10/h1-6,8H,7H2. The predicted octanol–water partition coefficient (Wildman–Crippen LogP) is 3.17. The van der Waals surface area contributed by atoms with Gasteiger partial charge in [-0.3, -0.25) is 4.40 Å². The predicted molar refractivity (Wildman–Crippen MR) is 61.7 cm³/mol. The van der Waals surface area contributed by atoms with Crippen LogP contribution in [0.2, 0.25) is 5.15 Å². The Hall–Kier alpha value is -1.74. The summed E-state index contributed by atoms with van der Waals surface area (Å²) in [6, 6.07) is 9.47. The minimum absolute atomic E-state index is 0.663. The van der Waals surface area contributed by atoms with Crippen LogP contribution in [-0.4, -0.2) is 9.38 Å². The second-order valence-electron chi connectivity index (χ2n) is 3.57. The van der Waals surface area contributed by atoms with Gasteiger partial charge in [-0.25, -0.2) is 4.98 Å². The molecule has 16 heavy (non-hydrogen) atoms. The summed E-state index contributed by atoms with van der Waals surface area (Å²) in [6.45, 7) is 0. The Morgan fingerprint density at radius 2 is 2.19 bits per heavy atom. The summed E-state index contributed by atoms with van der Waals surface area (Å²) in [6.07, 6.45) is 4.28. The molecule has 4 heteroatoms. The Balaban J connectivity index is 2.02. The van der Waals surface area contributed by atoms with Gasteiger partial charge in [-0.1, -0.05) is 17.7 Å². The fourth-order valence-electron chi connectivity index (χ4n) is 1.70. The molecular weight excluding hydrogens is 224 g/mol. The molecule has 3 aromatic heterocycles. The van der Waals surface area contributed by atoms with Crippen molar-refractivity contribution in [2.24, 2.45) is 0 Å². The van der Waals surface area contributed by atoms with E-state index >= 15 is 0 Å². The quantitative estimate of drug-likeness (QED) is 0.636. The van der Waals surface area contributed by atoms with Crippen molar-refractivity contribution >= 4 is 17.2 Å². The Morgan fingerprint density at radius 3 is 2.94 bits per heavy atom. The van der Waals surface area contributed by atoms with Crippen LogP contribution < -0.4 is 0 Å². The van der Waals surface area contributed by atoms with E-state index in [1.165, 1.54) is 0 Å². The van der Waals surface area contributed by atoms with Crippen molar-refractivity contribution in [2.75, 3.05) is 0 Å². The topological polar surface area (TPSA) is 30.4 Å². The number of nitrogens with zero attached hydrogens (tertiary/aromatic N) is 2. The highest BCUT2D eigenvalue weighted by Crippen LogP contribution is 2.15. The third kappa shape index (κ3) is 1.59. The maximum atomic E-state index is 6.05. The van der Waals surface area contributed by atoms with E-state index in [0.29, 0.717) is 11.6 Å². The number of pyridine rings is 1. The van der Waals surface area contributed by atoms with Crippen LogP contribution in [0.3, 0.4) is 0 Å². The highest BCUT2D eigenvalue weighted by Gasteiger charge is 2.05. The van der Waals surface area contributed by atoms with E-state index in [4.69, 9.17) is 16.0 Å². The van der Waals surface area contributed by atoms with Crippen LogP contribution in [0.4, 0.5) is 0 Å². The number of aromatic nitrogens is 2. The van der Waals surface area contributed by atoms with Gasteiger partial charge in [0.15, 0.2) is 0 Å². The third-order valence-electron chi connectivity index (χ3n) is 2.43. The van der Waals surface area contributed by atoms with Crippen LogP contribution >= 0.6 is 11.6 Å². The van der Waals surface area contributed by atoms with Crippen LogP contribution in [0.1, 0.15) is 11.5 Å². The zero-order valence-corrected chi connectivity index (χ0v) is 9.19. The summed E-state index contributed by atoms with van der Waals surface area (Å²) < 4.78 is 7.14. The summed E-state index contributed by atoms with van der Waals surface area (Å²) in [4.78, 5) is 4.47. The Kier molecular flexibility index (Phi) is 2.18. The van der Waals surface area contributed by atoms with Crippen molar-refractivity contribution in [3.05, 3.63) is 59.4 Å². The van der Waals surface area contributed by atoms with Crippen molar-refractivity contribution < 1.29 is 4.42 Å². The number of furan rings is 1. The molecular formula is C12H9ClN2O. The van der Waals surface area contributed by atoms with Gasteiger partial charge in [-0.05, 0) is 24.3 Å². The van der Waals surface area contributed by atoms with Gasteiger partial charge in [0.25, 0.3) is 0 Å². The second-order valence-corrected chi connectivity index (χ2v) is 3.95. The summed E-state index contributed by atoms with van der Waals surface area (Å²) in [5.74, 6) is 0.902. The smallest absolute Gasteiger partial charge is 0.138 e. The number of imidazole rings is 1. The molecule has 3 aromatic rings. The van der Waals surface area contributed by atoms with E-state index in [2.05, 4.69) is 4.98 Å². The molecule has 80 valence electrons. The van der Waals surface area contributed by atoms with Gasteiger partial charge in [-0.2, -0.15) is 0 Å². The van der Waals surface area contributed by atoms with Crippen molar-refractivity contribution in [3.8, 4) is 0 Å². The molecule has 0 radical (unpaired) electrons. The van der Waals surface area contributed by atoms with Gasteiger partial charge in [0, 0.05) is 12.6 Å². The molecule has 0 aliphatic heterocycles. The minimum atomic E-state index is 0.663. The molecule has 0 bridgehead atoms. The summed E-state index contributed by atoms with van der Waals surface area (Å²) in [5.41, 5.74) is 1.80. The first-order valence-corrected chi connectivity index (χ1v) is 5.35. The van der Waals surface area contributed by atoms with E-state index in [1.54, 1.807) is 6.26 Å². The first kappa shape index (κ1) is 9.48. The van der Waals surface area contributed by atoms with E-state index in [9.17, 15) is 0 Å². The Labute approximate surface area is 97.3 Å². The fraction of sp³-hybridized carbons (Fsp3) is 0.0833. The molecule has 3 nitrogen and oxygen atoms in total. The molecule has 0 spiro atoms. The average molecular weight is 233 g/mol. The molecule has 0 aliphatic carbocycles. The molecule has 0 amide bonds. The van der Waals surface area contributed by atoms with Crippen molar-refractivity contribution in [3.63, 3.8) is 0 Å². The lowest BCUT2D eigenvalue weighted by atomic mass is 10.3. The van der Waals surface area contributed by atoms with Crippen molar-refractivity contribution in [1.82, 2.24) is 9.38 Å². The highest BCUT2D eigenvalue weighted by atomic mass is 35.5. The Bertz CT molecular complexity index is 613. The molecule has 0 atom stereocenters. The van der Waals surface area contributed by atoms with E-state index in [0.717, 1.165) is 17.1 Å². The fourth-order valence-corrected chi connectivity index (χ4v) is 1.91. The van der Waals surface area contributed by atoms with Crippen LogP contribution in [-0.2, 0) is 6.42 Å². The van der Waals surface area contributed by atoms with Crippen molar-refractivity contribution in [1.29, 1.82) is 0 Å². The monoisotopic (exact) mass is 232 g/mol. The van der Waals surface area contributed by atoms with Gasteiger partial charge in [0.2, 0.25) is 0 Å². The zero-order valence-electron chi connectivity index (χ0n) is 8.43. The maximum Gasteiger partial charge on any atom is 0.138 e. The molecule has 0 saturated heterocycles. The number of fused-ring (bicyclic) bond motifs is 1. The molecule has 0 N–H and O–H groups in total. The normalized spacial score (nSPS) is 11.1. The highest BCUT2D eigenvalue weighted by molar-refractivity contribution is 6.29. The van der Waals surface area contributed by atoms with Crippen LogP contribution in [0.15, 0.2) is 47.2 Å². The molecule has 0 fully saturated rings. The van der Waals surface area contributed by atoms with Crippen molar-refractivity contribution in [2.45, 2.75) is 6.42 Å².